The van der Waals surface area contributed by atoms with E-state index in [2.05, 4.69) is 10.0 Å². The third kappa shape index (κ3) is 5.13. The van der Waals surface area contributed by atoms with Gasteiger partial charge in [0, 0.05) is 6.54 Å². The summed E-state index contributed by atoms with van der Waals surface area (Å²) in [5.41, 5.74) is -0.373. The molecule has 0 atom stereocenters. The molecule has 1 rings (SSSR count). The summed E-state index contributed by atoms with van der Waals surface area (Å²) in [4.78, 5) is 11.2. The number of benzene rings is 1. The standard InChI is InChI=1S/C13H16FN3O3S/c1-9(2)7-16-13(18)8-17-21(19,20)11-3-4-12(14)10(5-11)6-15/h3-5,9,17H,7-8H2,1-2H3,(H,16,18). The smallest absolute Gasteiger partial charge is 0.241 e. The van der Waals surface area contributed by atoms with Gasteiger partial charge in [-0.1, -0.05) is 13.8 Å². The minimum atomic E-state index is -3.97. The molecule has 2 N–H and O–H groups in total. The molecule has 0 unspecified atom stereocenters. The van der Waals surface area contributed by atoms with Crippen molar-refractivity contribution in [1.29, 1.82) is 5.26 Å². The predicted octanol–water partition coefficient (Wildman–Crippen LogP) is 0.748. The van der Waals surface area contributed by atoms with Crippen molar-refractivity contribution in [3.63, 3.8) is 0 Å². The molecular formula is C13H16FN3O3S. The average molecular weight is 313 g/mol. The van der Waals surface area contributed by atoms with Crippen LogP contribution in [0.2, 0.25) is 0 Å². The summed E-state index contributed by atoms with van der Waals surface area (Å²) in [6.45, 7) is 3.84. The molecule has 8 heteroatoms. The molecule has 0 aliphatic heterocycles. The van der Waals surface area contributed by atoms with Gasteiger partial charge in [-0.25, -0.2) is 17.5 Å². The Balaban J connectivity index is 2.74. The first-order valence-corrected chi connectivity index (χ1v) is 7.70. The van der Waals surface area contributed by atoms with E-state index >= 15 is 0 Å². The topological polar surface area (TPSA) is 99.1 Å². The number of carbonyl (C=O) groups is 1. The lowest BCUT2D eigenvalue weighted by atomic mass is 10.2. The number of nitrogens with zero attached hydrogens (tertiary/aromatic N) is 1. The second-order valence-electron chi connectivity index (χ2n) is 4.78. The first-order chi connectivity index (χ1) is 9.76. The lowest BCUT2D eigenvalue weighted by molar-refractivity contribution is -0.120. The Morgan fingerprint density at radius 3 is 2.67 bits per heavy atom. The van der Waals surface area contributed by atoms with Gasteiger partial charge >= 0.3 is 0 Å². The van der Waals surface area contributed by atoms with Crippen molar-refractivity contribution in [2.75, 3.05) is 13.1 Å². The third-order valence-corrected chi connectivity index (χ3v) is 3.90. The van der Waals surface area contributed by atoms with E-state index in [-0.39, 0.29) is 16.4 Å². The summed E-state index contributed by atoms with van der Waals surface area (Å²) in [6.07, 6.45) is 0. The van der Waals surface area contributed by atoms with Crippen molar-refractivity contribution in [3.05, 3.63) is 29.6 Å². The van der Waals surface area contributed by atoms with E-state index in [1.165, 1.54) is 0 Å². The van der Waals surface area contributed by atoms with Crippen molar-refractivity contribution < 1.29 is 17.6 Å². The normalized spacial score (nSPS) is 11.2. The van der Waals surface area contributed by atoms with Crippen LogP contribution in [0.1, 0.15) is 19.4 Å². The highest BCUT2D eigenvalue weighted by Crippen LogP contribution is 2.14. The lowest BCUT2D eigenvalue weighted by Crippen LogP contribution is -2.38. The molecule has 0 saturated heterocycles. The molecule has 1 amide bonds. The van der Waals surface area contributed by atoms with E-state index in [1.807, 2.05) is 13.8 Å². The van der Waals surface area contributed by atoms with Gasteiger partial charge in [0.05, 0.1) is 17.0 Å². The van der Waals surface area contributed by atoms with E-state index in [1.54, 1.807) is 6.07 Å². The lowest BCUT2D eigenvalue weighted by Gasteiger charge is -2.09. The molecule has 1 aromatic rings. The Morgan fingerprint density at radius 2 is 2.10 bits per heavy atom. The van der Waals surface area contributed by atoms with Crippen molar-refractivity contribution in [2.24, 2.45) is 5.92 Å². The van der Waals surface area contributed by atoms with Gasteiger partial charge in [-0.2, -0.15) is 5.26 Å². The summed E-state index contributed by atoms with van der Waals surface area (Å²) in [6, 6.07) is 4.41. The number of amides is 1. The van der Waals surface area contributed by atoms with E-state index in [4.69, 9.17) is 5.26 Å². The third-order valence-electron chi connectivity index (χ3n) is 2.50. The Kier molecular flexibility index (Phi) is 5.81. The summed E-state index contributed by atoms with van der Waals surface area (Å²) < 4.78 is 39.1. The molecule has 0 aromatic heterocycles. The monoisotopic (exact) mass is 313 g/mol. The fourth-order valence-corrected chi connectivity index (χ4v) is 2.39. The van der Waals surface area contributed by atoms with E-state index in [9.17, 15) is 17.6 Å². The van der Waals surface area contributed by atoms with Crippen molar-refractivity contribution >= 4 is 15.9 Å². The first kappa shape index (κ1) is 17.1. The van der Waals surface area contributed by atoms with Crippen LogP contribution in [0.25, 0.3) is 0 Å². The molecule has 0 fully saturated rings. The fraction of sp³-hybridized carbons (Fsp3) is 0.385. The number of sulfonamides is 1. The van der Waals surface area contributed by atoms with Gasteiger partial charge in [-0.05, 0) is 24.1 Å². The Hall–Kier alpha value is -1.98. The molecule has 0 saturated carbocycles. The highest BCUT2D eigenvalue weighted by Gasteiger charge is 2.17. The van der Waals surface area contributed by atoms with Crippen LogP contribution in [0.5, 0.6) is 0 Å². The maximum absolute atomic E-state index is 13.1. The van der Waals surface area contributed by atoms with Gasteiger partial charge < -0.3 is 5.32 Å². The number of hydrogen-bond donors (Lipinski definition) is 2. The first-order valence-electron chi connectivity index (χ1n) is 6.22. The van der Waals surface area contributed by atoms with Crippen LogP contribution in [0.4, 0.5) is 4.39 Å². The highest BCUT2D eigenvalue weighted by atomic mass is 32.2. The largest absolute Gasteiger partial charge is 0.355 e. The average Bonchev–Trinajstić information content (AvgIpc) is 2.43. The number of rotatable bonds is 6. The maximum Gasteiger partial charge on any atom is 0.241 e. The number of nitriles is 1. The van der Waals surface area contributed by atoms with E-state index in [0.717, 1.165) is 18.2 Å². The van der Waals surface area contributed by atoms with Crippen molar-refractivity contribution in [2.45, 2.75) is 18.7 Å². The van der Waals surface area contributed by atoms with E-state index < -0.39 is 28.3 Å². The minimum absolute atomic E-state index is 0.251. The molecule has 1 aromatic carbocycles. The zero-order chi connectivity index (χ0) is 16.0. The van der Waals surface area contributed by atoms with Crippen LogP contribution in [0, 0.1) is 23.1 Å². The maximum atomic E-state index is 13.1. The molecule has 114 valence electrons. The molecule has 6 nitrogen and oxygen atoms in total. The molecule has 0 bridgehead atoms. The number of halogens is 1. The van der Waals surface area contributed by atoms with Crippen LogP contribution < -0.4 is 10.0 Å². The molecule has 0 aliphatic carbocycles. The van der Waals surface area contributed by atoms with Gasteiger partial charge in [0.25, 0.3) is 0 Å². The van der Waals surface area contributed by atoms with Crippen LogP contribution in [-0.4, -0.2) is 27.4 Å². The van der Waals surface area contributed by atoms with Crippen molar-refractivity contribution in [3.8, 4) is 6.07 Å². The second-order valence-corrected chi connectivity index (χ2v) is 6.54. The van der Waals surface area contributed by atoms with Crippen LogP contribution in [0.15, 0.2) is 23.1 Å². The highest BCUT2D eigenvalue weighted by molar-refractivity contribution is 7.89. The minimum Gasteiger partial charge on any atom is -0.355 e. The molecule has 0 heterocycles. The van der Waals surface area contributed by atoms with Crippen LogP contribution in [-0.2, 0) is 14.8 Å². The number of hydrogen-bond acceptors (Lipinski definition) is 4. The zero-order valence-corrected chi connectivity index (χ0v) is 12.5. The summed E-state index contributed by atoms with van der Waals surface area (Å²) in [5, 5.41) is 11.2. The second kappa shape index (κ2) is 7.15. The Bertz CT molecular complexity index is 666. The van der Waals surface area contributed by atoms with Gasteiger partial charge in [0.15, 0.2) is 0 Å². The summed E-state index contributed by atoms with van der Waals surface area (Å²) in [7, 11) is -3.97. The van der Waals surface area contributed by atoms with Gasteiger partial charge in [-0.3, -0.25) is 4.79 Å². The summed E-state index contributed by atoms with van der Waals surface area (Å²) in [5.74, 6) is -1.01. The predicted molar refractivity (Wildman–Crippen MR) is 74.2 cm³/mol. The van der Waals surface area contributed by atoms with E-state index in [0.29, 0.717) is 6.54 Å². The van der Waals surface area contributed by atoms with Crippen LogP contribution >= 0.6 is 0 Å². The zero-order valence-electron chi connectivity index (χ0n) is 11.7. The molecule has 0 aliphatic rings. The van der Waals surface area contributed by atoms with Crippen molar-refractivity contribution in [1.82, 2.24) is 10.0 Å². The Morgan fingerprint density at radius 1 is 1.43 bits per heavy atom. The van der Waals surface area contributed by atoms with Gasteiger partial charge in [0.1, 0.15) is 11.9 Å². The SMILES string of the molecule is CC(C)CNC(=O)CNS(=O)(=O)c1ccc(F)c(C#N)c1. The Labute approximate surface area is 123 Å². The fourth-order valence-electron chi connectivity index (χ4n) is 1.38. The number of carbonyl (C=O) groups excluding carboxylic acids is 1. The van der Waals surface area contributed by atoms with Gasteiger partial charge in [-0.15, -0.1) is 0 Å². The molecule has 0 spiro atoms. The van der Waals surface area contributed by atoms with Crippen LogP contribution in [0.3, 0.4) is 0 Å². The molecule has 0 radical (unpaired) electrons. The molecular weight excluding hydrogens is 297 g/mol. The number of nitrogens with one attached hydrogen (secondary N) is 2. The molecule has 21 heavy (non-hydrogen) atoms. The van der Waals surface area contributed by atoms with Gasteiger partial charge in [0.2, 0.25) is 15.9 Å². The summed E-state index contributed by atoms with van der Waals surface area (Å²) >= 11 is 0. The quantitative estimate of drug-likeness (QED) is 0.809.